The molecule has 1 aliphatic rings. The molecule has 2 heterocycles. The average molecular weight is 342 g/mol. The molecule has 1 saturated heterocycles. The van der Waals surface area contributed by atoms with Crippen LogP contribution in [-0.2, 0) is 10.0 Å². The lowest BCUT2D eigenvalue weighted by atomic mass is 10.1. The first-order valence-electron chi connectivity index (χ1n) is 6.69. The second-order valence-corrected chi connectivity index (χ2v) is 8.08. The van der Waals surface area contributed by atoms with Gasteiger partial charge >= 0.3 is 0 Å². The van der Waals surface area contributed by atoms with Crippen molar-refractivity contribution in [1.29, 1.82) is 0 Å². The van der Waals surface area contributed by atoms with Crippen LogP contribution >= 0.6 is 11.3 Å². The molecule has 22 heavy (non-hydrogen) atoms. The summed E-state index contributed by atoms with van der Waals surface area (Å²) in [7, 11) is -3.64. The van der Waals surface area contributed by atoms with E-state index in [9.17, 15) is 12.8 Å². The lowest BCUT2D eigenvalue weighted by Crippen LogP contribution is -2.59. The number of benzene rings is 1. The van der Waals surface area contributed by atoms with E-state index in [1.807, 2.05) is 11.8 Å². The quantitative estimate of drug-likeness (QED) is 0.910. The van der Waals surface area contributed by atoms with E-state index in [4.69, 9.17) is 0 Å². The number of sulfonamides is 1. The van der Waals surface area contributed by atoms with Crippen LogP contribution < -0.4 is 9.62 Å². The maximum absolute atomic E-state index is 13.1. The van der Waals surface area contributed by atoms with Gasteiger partial charge in [-0.25, -0.2) is 17.5 Å². The van der Waals surface area contributed by atoms with Crippen LogP contribution in [0.5, 0.6) is 0 Å². The van der Waals surface area contributed by atoms with E-state index in [1.54, 1.807) is 6.92 Å². The number of nitrogens with zero attached hydrogens (tertiary/aromatic N) is 3. The van der Waals surface area contributed by atoms with Crippen molar-refractivity contribution in [3.63, 3.8) is 0 Å². The molecule has 0 spiro atoms. The first kappa shape index (κ1) is 15.3. The summed E-state index contributed by atoms with van der Waals surface area (Å²) in [4.78, 5) is 2.08. The van der Waals surface area contributed by atoms with Gasteiger partial charge in [-0.15, -0.1) is 10.2 Å². The van der Waals surface area contributed by atoms with E-state index in [0.717, 1.165) is 16.2 Å². The summed E-state index contributed by atoms with van der Waals surface area (Å²) in [5.74, 6) is -0.446. The number of anilines is 1. The Kier molecular flexibility index (Phi) is 3.87. The second kappa shape index (κ2) is 5.56. The van der Waals surface area contributed by atoms with Crippen molar-refractivity contribution in [2.45, 2.75) is 24.8 Å². The molecular formula is C13H15FN4O2S2. The Morgan fingerprint density at radius 1 is 1.32 bits per heavy atom. The van der Waals surface area contributed by atoms with Crippen molar-refractivity contribution in [1.82, 2.24) is 14.9 Å². The van der Waals surface area contributed by atoms with E-state index >= 15 is 0 Å². The van der Waals surface area contributed by atoms with Gasteiger partial charge in [0.1, 0.15) is 10.8 Å². The molecule has 0 atom stereocenters. The van der Waals surface area contributed by atoms with Crippen LogP contribution in [0, 0.1) is 19.7 Å². The molecule has 9 heteroatoms. The van der Waals surface area contributed by atoms with E-state index in [-0.39, 0.29) is 10.9 Å². The van der Waals surface area contributed by atoms with E-state index in [1.165, 1.54) is 23.5 Å². The summed E-state index contributed by atoms with van der Waals surface area (Å²) >= 11 is 1.48. The number of aromatic nitrogens is 2. The molecule has 0 unspecified atom stereocenters. The maximum Gasteiger partial charge on any atom is 0.241 e. The van der Waals surface area contributed by atoms with Gasteiger partial charge in [-0.05, 0) is 37.6 Å². The third-order valence-corrected chi connectivity index (χ3v) is 6.00. The Bertz CT molecular complexity index is 800. The molecule has 3 rings (SSSR count). The fourth-order valence-corrected chi connectivity index (χ4v) is 4.47. The Hall–Kier alpha value is -1.58. The minimum absolute atomic E-state index is 0.110. The van der Waals surface area contributed by atoms with E-state index in [2.05, 4.69) is 14.9 Å². The van der Waals surface area contributed by atoms with E-state index < -0.39 is 15.8 Å². The highest BCUT2D eigenvalue weighted by molar-refractivity contribution is 7.89. The predicted molar refractivity (Wildman–Crippen MR) is 82.1 cm³/mol. The Balaban J connectivity index is 1.66. The third kappa shape index (κ3) is 2.96. The Morgan fingerprint density at radius 2 is 2.05 bits per heavy atom. The Morgan fingerprint density at radius 3 is 2.64 bits per heavy atom. The normalized spacial score (nSPS) is 15.9. The van der Waals surface area contributed by atoms with E-state index in [0.29, 0.717) is 18.7 Å². The standard InChI is InChI=1S/C13H15FN4O2S2/c1-8-5-10(14)3-4-12(8)22(19,20)17-11-6-18(7-11)13-16-15-9(2)21-13/h3-5,11,17H,6-7H2,1-2H3. The highest BCUT2D eigenvalue weighted by Crippen LogP contribution is 2.25. The summed E-state index contributed by atoms with van der Waals surface area (Å²) in [6.45, 7) is 4.55. The highest BCUT2D eigenvalue weighted by atomic mass is 32.2. The predicted octanol–water partition coefficient (Wildman–Crippen LogP) is 1.46. The van der Waals surface area contributed by atoms with Crippen LogP contribution in [0.1, 0.15) is 10.6 Å². The Labute approximate surface area is 132 Å². The van der Waals surface area contributed by atoms with Gasteiger partial charge in [-0.1, -0.05) is 11.3 Å². The fourth-order valence-electron chi connectivity index (χ4n) is 2.32. The molecule has 1 N–H and O–H groups in total. The van der Waals surface area contributed by atoms with Crippen LogP contribution in [0.25, 0.3) is 0 Å². The molecule has 0 bridgehead atoms. The number of rotatable bonds is 4. The van der Waals surface area contributed by atoms with Gasteiger partial charge in [0.2, 0.25) is 15.2 Å². The zero-order valence-corrected chi connectivity index (χ0v) is 13.7. The number of nitrogens with one attached hydrogen (secondary N) is 1. The molecule has 0 saturated carbocycles. The minimum atomic E-state index is -3.64. The summed E-state index contributed by atoms with van der Waals surface area (Å²) in [6, 6.07) is 3.47. The average Bonchev–Trinajstić information content (AvgIpc) is 2.79. The van der Waals surface area contributed by atoms with Gasteiger partial charge in [0.25, 0.3) is 0 Å². The number of halogens is 1. The zero-order chi connectivity index (χ0) is 15.9. The molecular weight excluding hydrogens is 327 g/mol. The number of hydrogen-bond donors (Lipinski definition) is 1. The van der Waals surface area contributed by atoms with Crippen molar-refractivity contribution in [2.24, 2.45) is 0 Å². The van der Waals surface area contributed by atoms with Crippen molar-refractivity contribution < 1.29 is 12.8 Å². The van der Waals surface area contributed by atoms with Crippen molar-refractivity contribution in [3.8, 4) is 0 Å². The smallest absolute Gasteiger partial charge is 0.241 e. The van der Waals surface area contributed by atoms with Crippen molar-refractivity contribution in [2.75, 3.05) is 18.0 Å². The zero-order valence-electron chi connectivity index (χ0n) is 12.1. The molecule has 1 aliphatic heterocycles. The number of hydrogen-bond acceptors (Lipinski definition) is 6. The SMILES string of the molecule is Cc1nnc(N2CC(NS(=O)(=O)c3ccc(F)cc3C)C2)s1. The first-order chi connectivity index (χ1) is 10.3. The van der Waals surface area contributed by atoms with Crippen LogP contribution in [-0.4, -0.2) is 37.7 Å². The third-order valence-electron chi connectivity index (χ3n) is 3.42. The van der Waals surface area contributed by atoms with Gasteiger partial charge in [0.05, 0.1) is 10.9 Å². The van der Waals surface area contributed by atoms with Crippen LogP contribution in [0.2, 0.25) is 0 Å². The van der Waals surface area contributed by atoms with Crippen molar-refractivity contribution >= 4 is 26.5 Å². The van der Waals surface area contributed by atoms with Crippen LogP contribution in [0.4, 0.5) is 9.52 Å². The van der Waals surface area contributed by atoms with Gasteiger partial charge in [-0.2, -0.15) is 0 Å². The summed E-state index contributed by atoms with van der Waals surface area (Å²) < 4.78 is 40.4. The summed E-state index contributed by atoms with van der Waals surface area (Å²) in [6.07, 6.45) is 0. The summed E-state index contributed by atoms with van der Waals surface area (Å²) in [5.41, 5.74) is 0.392. The molecule has 1 aromatic carbocycles. The van der Waals surface area contributed by atoms with Crippen molar-refractivity contribution in [3.05, 3.63) is 34.6 Å². The van der Waals surface area contributed by atoms with Gasteiger partial charge < -0.3 is 4.90 Å². The minimum Gasteiger partial charge on any atom is -0.343 e. The van der Waals surface area contributed by atoms with Crippen LogP contribution in [0.15, 0.2) is 23.1 Å². The molecule has 1 fully saturated rings. The topological polar surface area (TPSA) is 75.2 Å². The van der Waals surface area contributed by atoms with Crippen LogP contribution in [0.3, 0.4) is 0 Å². The highest BCUT2D eigenvalue weighted by Gasteiger charge is 2.33. The van der Waals surface area contributed by atoms with Gasteiger partial charge in [0.15, 0.2) is 0 Å². The van der Waals surface area contributed by atoms with Gasteiger partial charge in [0, 0.05) is 13.1 Å². The molecule has 0 radical (unpaired) electrons. The molecule has 6 nitrogen and oxygen atoms in total. The molecule has 1 aromatic heterocycles. The second-order valence-electron chi connectivity index (χ2n) is 5.24. The molecule has 0 aliphatic carbocycles. The fraction of sp³-hybridized carbons (Fsp3) is 0.385. The monoisotopic (exact) mass is 342 g/mol. The lowest BCUT2D eigenvalue weighted by molar-refractivity contribution is 0.467. The van der Waals surface area contributed by atoms with Gasteiger partial charge in [-0.3, -0.25) is 0 Å². The lowest BCUT2D eigenvalue weighted by Gasteiger charge is -2.38. The molecule has 2 aromatic rings. The largest absolute Gasteiger partial charge is 0.343 e. The number of aryl methyl sites for hydroxylation is 2. The first-order valence-corrected chi connectivity index (χ1v) is 8.98. The molecule has 118 valence electrons. The maximum atomic E-state index is 13.1. The molecule has 0 amide bonds. The summed E-state index contributed by atoms with van der Waals surface area (Å²) in [5, 5.41) is 9.64.